The van der Waals surface area contributed by atoms with E-state index in [0.717, 1.165) is 6.08 Å². The van der Waals surface area contributed by atoms with Gasteiger partial charge in [-0.05, 0) is 39.3 Å². The molecule has 0 aliphatic heterocycles. The Morgan fingerprint density at radius 3 is 1.65 bits per heavy atom. The zero-order valence-corrected chi connectivity index (χ0v) is 16.5. The summed E-state index contributed by atoms with van der Waals surface area (Å²) in [7, 11) is -12.6. The highest BCUT2D eigenvalue weighted by atomic mass is 32.2. The molecule has 0 aliphatic carbocycles. The van der Waals surface area contributed by atoms with Crippen molar-refractivity contribution >= 4 is 36.9 Å². The fourth-order valence-corrected chi connectivity index (χ4v) is 9.84. The van der Waals surface area contributed by atoms with E-state index in [0.29, 0.717) is 0 Å². The summed E-state index contributed by atoms with van der Waals surface area (Å²) in [5.74, 6) is -0.673. The van der Waals surface area contributed by atoms with Gasteiger partial charge in [-0.15, -0.1) is 6.58 Å². The van der Waals surface area contributed by atoms with Gasteiger partial charge in [-0.25, -0.2) is 8.42 Å². The predicted octanol–water partition coefficient (Wildman–Crippen LogP) is 1.90. The maximum Gasteiger partial charge on any atom is 0.265 e. The highest BCUT2D eigenvalue weighted by Gasteiger charge is 2.35. The van der Waals surface area contributed by atoms with Gasteiger partial charge < -0.3 is 7.74 Å². The largest absolute Gasteiger partial charge is 0.315 e. The minimum absolute atomic E-state index is 0.673. The Hall–Kier alpha value is -0.00623. The van der Waals surface area contributed by atoms with Crippen LogP contribution in [-0.2, 0) is 28.0 Å². The normalized spacial score (nSPS) is 15.9. The molecule has 0 aliphatic rings. The Balaban J connectivity index is 5.19. The minimum atomic E-state index is -4.02. The topological polar surface area (TPSA) is 86.7 Å². The average Bonchev–Trinajstić information content (AvgIpc) is 2.05. The van der Waals surface area contributed by atoms with E-state index in [9.17, 15) is 16.8 Å². The van der Waals surface area contributed by atoms with Crippen molar-refractivity contribution in [2.45, 2.75) is 44.5 Å². The Kier molecular flexibility index (Phi) is 6.40. The first-order valence-electron chi connectivity index (χ1n) is 6.08. The van der Waals surface area contributed by atoms with Crippen molar-refractivity contribution < 1.29 is 24.6 Å². The van der Waals surface area contributed by atoms with Gasteiger partial charge in [0.25, 0.3) is 20.2 Å². The van der Waals surface area contributed by atoms with Crippen LogP contribution in [0.2, 0.25) is 39.3 Å². The Morgan fingerprint density at radius 2 is 1.35 bits per heavy atom. The zero-order chi connectivity index (χ0) is 16.4. The van der Waals surface area contributed by atoms with E-state index < -0.39 is 47.9 Å². The van der Waals surface area contributed by atoms with Crippen LogP contribution in [0.4, 0.5) is 0 Å². The van der Waals surface area contributed by atoms with E-state index in [-0.39, 0.29) is 0 Å². The van der Waals surface area contributed by atoms with E-state index in [4.69, 9.17) is 7.74 Å². The van der Waals surface area contributed by atoms with Crippen molar-refractivity contribution in [3.05, 3.63) is 12.7 Å². The zero-order valence-electron chi connectivity index (χ0n) is 12.8. The van der Waals surface area contributed by atoms with E-state index in [1.54, 1.807) is 39.3 Å². The molecule has 20 heavy (non-hydrogen) atoms. The van der Waals surface area contributed by atoms with E-state index in [2.05, 4.69) is 6.58 Å². The molecule has 0 saturated heterocycles. The number of hydrogen-bond acceptors (Lipinski definition) is 6. The van der Waals surface area contributed by atoms with Gasteiger partial charge in [0, 0.05) is 0 Å². The molecule has 0 saturated carbocycles. The van der Waals surface area contributed by atoms with Crippen LogP contribution in [0.15, 0.2) is 12.7 Å². The smallest absolute Gasteiger partial charge is 0.265 e. The highest BCUT2D eigenvalue weighted by molar-refractivity contribution is 7.92. The summed E-state index contributed by atoms with van der Waals surface area (Å²) in [6.45, 7) is 13.6. The molecule has 1 atom stereocenters. The molecule has 0 aromatic heterocycles. The molecule has 6 nitrogen and oxygen atoms in total. The third-order valence-electron chi connectivity index (χ3n) is 1.75. The summed E-state index contributed by atoms with van der Waals surface area (Å²) < 4.78 is 58.0. The lowest BCUT2D eigenvalue weighted by atomic mass is 10.5. The van der Waals surface area contributed by atoms with Crippen LogP contribution in [-0.4, -0.2) is 44.5 Å². The van der Waals surface area contributed by atoms with Gasteiger partial charge in [-0.3, -0.25) is 0 Å². The van der Waals surface area contributed by atoms with Crippen molar-refractivity contribution in [2.24, 2.45) is 0 Å². The van der Waals surface area contributed by atoms with Crippen LogP contribution in [0.5, 0.6) is 0 Å². The third kappa shape index (κ3) is 8.32. The maximum atomic E-state index is 12.1. The Morgan fingerprint density at radius 1 is 0.950 bits per heavy atom. The van der Waals surface area contributed by atoms with Gasteiger partial charge in [-0.2, -0.15) is 8.42 Å². The van der Waals surface area contributed by atoms with Crippen molar-refractivity contribution in [1.82, 2.24) is 0 Å². The molecule has 0 heterocycles. The van der Waals surface area contributed by atoms with Crippen LogP contribution < -0.4 is 0 Å². The SMILES string of the molecule is C=CC(CS(=O)(=O)O[Si](C)(C)C)S(=O)(=O)O[Si](C)(C)C. The minimum Gasteiger partial charge on any atom is -0.315 e. The molecule has 0 N–H and O–H groups in total. The number of hydrogen-bond donors (Lipinski definition) is 0. The lowest BCUT2D eigenvalue weighted by Crippen LogP contribution is -2.39. The summed E-state index contributed by atoms with van der Waals surface area (Å²) in [4.78, 5) is 0. The molecule has 1 unspecified atom stereocenters. The van der Waals surface area contributed by atoms with Crippen molar-refractivity contribution in [2.75, 3.05) is 5.75 Å². The molecule has 0 aromatic carbocycles. The maximum absolute atomic E-state index is 12.1. The second kappa shape index (κ2) is 6.40. The van der Waals surface area contributed by atoms with Gasteiger partial charge in [0.2, 0.25) is 16.6 Å². The fraction of sp³-hybridized carbons (Fsp3) is 0.800. The van der Waals surface area contributed by atoms with Gasteiger partial charge in [-0.1, -0.05) is 6.08 Å². The van der Waals surface area contributed by atoms with Crippen LogP contribution in [0.25, 0.3) is 0 Å². The second-order valence-electron chi connectivity index (χ2n) is 6.38. The first kappa shape index (κ1) is 20.0. The van der Waals surface area contributed by atoms with E-state index in [1.807, 2.05) is 0 Å². The first-order chi connectivity index (χ1) is 8.58. The lowest BCUT2D eigenvalue weighted by Gasteiger charge is -2.22. The van der Waals surface area contributed by atoms with Crippen LogP contribution in [0.3, 0.4) is 0 Å². The Labute approximate surface area is 124 Å². The van der Waals surface area contributed by atoms with Crippen molar-refractivity contribution in [1.29, 1.82) is 0 Å². The monoisotopic (exact) mass is 360 g/mol. The van der Waals surface area contributed by atoms with Crippen molar-refractivity contribution in [3.63, 3.8) is 0 Å². The molecule has 0 fully saturated rings. The molecule has 0 radical (unpaired) electrons. The Bertz CT molecular complexity index is 539. The second-order valence-corrected chi connectivity index (χ2v) is 19.2. The fourth-order valence-electron chi connectivity index (χ4n) is 1.30. The first-order valence-corrected chi connectivity index (χ1v) is 15.9. The standard InChI is InChI=1S/C10H24O6S2Si2/c1-8-10(18(13,14)16-20(5,6)7)9-17(11,12)15-19(2,3)4/h8,10H,1,9H2,2-7H3. The predicted molar refractivity (Wildman–Crippen MR) is 85.6 cm³/mol. The van der Waals surface area contributed by atoms with Crippen LogP contribution >= 0.6 is 0 Å². The molecule has 0 amide bonds. The van der Waals surface area contributed by atoms with Gasteiger partial charge >= 0.3 is 0 Å². The molecule has 0 rings (SSSR count). The van der Waals surface area contributed by atoms with Crippen LogP contribution in [0.1, 0.15) is 0 Å². The van der Waals surface area contributed by atoms with Crippen LogP contribution in [0, 0.1) is 0 Å². The lowest BCUT2D eigenvalue weighted by molar-refractivity contribution is 0.468. The van der Waals surface area contributed by atoms with Gasteiger partial charge in [0.05, 0.1) is 5.75 Å². The quantitative estimate of drug-likeness (QED) is 0.485. The highest BCUT2D eigenvalue weighted by Crippen LogP contribution is 2.18. The summed E-state index contributed by atoms with van der Waals surface area (Å²) in [5.41, 5.74) is 0. The summed E-state index contributed by atoms with van der Waals surface area (Å²) in [6, 6.07) is 0. The molecule has 0 aromatic rings. The molecule has 10 heteroatoms. The van der Waals surface area contributed by atoms with Gasteiger partial charge in [0.1, 0.15) is 5.25 Å². The molecular weight excluding hydrogens is 336 g/mol. The molecule has 0 bridgehead atoms. The number of rotatable bonds is 8. The summed E-state index contributed by atoms with van der Waals surface area (Å²) in [5, 5.41) is -1.32. The van der Waals surface area contributed by atoms with E-state index in [1.165, 1.54) is 0 Å². The summed E-state index contributed by atoms with van der Waals surface area (Å²) >= 11 is 0. The van der Waals surface area contributed by atoms with Crippen molar-refractivity contribution in [3.8, 4) is 0 Å². The third-order valence-corrected chi connectivity index (χ3v) is 9.77. The average molecular weight is 361 g/mol. The molecular formula is C10H24O6S2Si2. The summed E-state index contributed by atoms with van der Waals surface area (Å²) in [6.07, 6.45) is 1.07. The van der Waals surface area contributed by atoms with Gasteiger partial charge in [0.15, 0.2) is 0 Å². The molecule has 120 valence electrons. The van der Waals surface area contributed by atoms with E-state index >= 15 is 0 Å². The molecule has 0 spiro atoms.